The van der Waals surface area contributed by atoms with Gasteiger partial charge in [0, 0.05) is 12.3 Å². The molecular formula is C14H21ClFNO2S. The van der Waals surface area contributed by atoms with Crippen LogP contribution in [-0.2, 0) is 16.3 Å². The number of hydrogen-bond acceptors (Lipinski definition) is 3. The molecule has 1 aromatic carbocycles. The molecule has 20 heavy (non-hydrogen) atoms. The van der Waals surface area contributed by atoms with Crippen molar-refractivity contribution < 1.29 is 12.8 Å². The zero-order chi connectivity index (χ0) is 15.6. The molecule has 0 radical (unpaired) electrons. The van der Waals surface area contributed by atoms with Crippen molar-refractivity contribution in [1.82, 2.24) is 5.32 Å². The Balaban J connectivity index is 3.06. The molecule has 0 fully saturated rings. The second kappa shape index (κ2) is 6.41. The summed E-state index contributed by atoms with van der Waals surface area (Å²) in [7, 11) is -3.23. The Hall–Kier alpha value is -0.650. The zero-order valence-corrected chi connectivity index (χ0v) is 13.8. The highest BCUT2D eigenvalue weighted by Gasteiger charge is 2.38. The summed E-state index contributed by atoms with van der Waals surface area (Å²) in [6.45, 7) is 5.96. The standard InChI is InChI=1S/C14H21ClFNO2S/c1-5-17-13(14(2,3)20(4,18)19)9-10-6-7-12(16)11(15)8-10/h6-8,13,17H,5,9H2,1-4H3. The molecule has 0 aliphatic heterocycles. The van der Waals surface area contributed by atoms with Gasteiger partial charge in [-0.1, -0.05) is 24.6 Å². The van der Waals surface area contributed by atoms with Crippen molar-refractivity contribution >= 4 is 21.4 Å². The first-order valence-corrected chi connectivity index (χ1v) is 8.73. The molecule has 0 aromatic heterocycles. The molecule has 0 heterocycles. The van der Waals surface area contributed by atoms with Gasteiger partial charge in [-0.05, 0) is 44.5 Å². The lowest BCUT2D eigenvalue weighted by Crippen LogP contribution is -2.52. The molecule has 1 rings (SSSR count). The van der Waals surface area contributed by atoms with E-state index in [9.17, 15) is 12.8 Å². The van der Waals surface area contributed by atoms with E-state index >= 15 is 0 Å². The van der Waals surface area contributed by atoms with Gasteiger partial charge in [0.25, 0.3) is 0 Å². The maximum atomic E-state index is 13.2. The summed E-state index contributed by atoms with van der Waals surface area (Å²) in [5.74, 6) is -0.474. The van der Waals surface area contributed by atoms with Gasteiger partial charge in [0.05, 0.1) is 9.77 Å². The summed E-state index contributed by atoms with van der Waals surface area (Å²) in [4.78, 5) is 0. The van der Waals surface area contributed by atoms with Gasteiger partial charge in [0.2, 0.25) is 0 Å². The van der Waals surface area contributed by atoms with E-state index in [4.69, 9.17) is 11.6 Å². The summed E-state index contributed by atoms with van der Waals surface area (Å²) in [6.07, 6.45) is 1.70. The van der Waals surface area contributed by atoms with Gasteiger partial charge in [0.15, 0.2) is 9.84 Å². The largest absolute Gasteiger partial charge is 0.312 e. The summed E-state index contributed by atoms with van der Waals surface area (Å²) < 4.78 is 36.1. The Morgan fingerprint density at radius 3 is 2.45 bits per heavy atom. The van der Waals surface area contributed by atoms with E-state index in [2.05, 4.69) is 5.32 Å². The third kappa shape index (κ3) is 3.93. The van der Waals surface area contributed by atoms with Gasteiger partial charge in [0.1, 0.15) is 5.82 Å². The van der Waals surface area contributed by atoms with Gasteiger partial charge in [-0.15, -0.1) is 0 Å². The average Bonchev–Trinajstić information content (AvgIpc) is 2.31. The summed E-state index contributed by atoms with van der Waals surface area (Å²) in [5.41, 5.74) is 0.805. The van der Waals surface area contributed by atoms with Crippen molar-refractivity contribution in [2.45, 2.75) is 38.0 Å². The fourth-order valence-electron chi connectivity index (χ4n) is 1.97. The quantitative estimate of drug-likeness (QED) is 0.876. The molecule has 114 valence electrons. The van der Waals surface area contributed by atoms with E-state index in [1.54, 1.807) is 26.0 Å². The van der Waals surface area contributed by atoms with Crippen LogP contribution in [0.15, 0.2) is 18.2 Å². The van der Waals surface area contributed by atoms with Crippen molar-refractivity contribution in [3.8, 4) is 0 Å². The predicted octanol–water partition coefficient (Wildman–Crippen LogP) is 2.82. The number of rotatable bonds is 6. The molecule has 0 spiro atoms. The van der Waals surface area contributed by atoms with E-state index in [0.29, 0.717) is 13.0 Å². The third-order valence-corrected chi connectivity index (χ3v) is 6.15. The molecule has 1 aromatic rings. The minimum atomic E-state index is -3.23. The number of halogens is 2. The molecule has 0 aliphatic rings. The Labute approximate surface area is 125 Å². The summed E-state index contributed by atoms with van der Waals surface area (Å²) >= 11 is 5.76. The molecule has 1 atom stereocenters. The molecule has 1 N–H and O–H groups in total. The lowest BCUT2D eigenvalue weighted by Gasteiger charge is -2.33. The molecular weight excluding hydrogens is 301 g/mol. The second-order valence-electron chi connectivity index (χ2n) is 5.44. The van der Waals surface area contributed by atoms with E-state index in [-0.39, 0.29) is 11.1 Å². The zero-order valence-electron chi connectivity index (χ0n) is 12.2. The minimum Gasteiger partial charge on any atom is -0.312 e. The van der Waals surface area contributed by atoms with Crippen LogP contribution in [0.5, 0.6) is 0 Å². The van der Waals surface area contributed by atoms with Crippen molar-refractivity contribution in [3.05, 3.63) is 34.6 Å². The van der Waals surface area contributed by atoms with Crippen LogP contribution in [0.1, 0.15) is 26.3 Å². The first-order chi connectivity index (χ1) is 9.09. The van der Waals surface area contributed by atoms with Crippen molar-refractivity contribution in [3.63, 3.8) is 0 Å². The molecule has 3 nitrogen and oxygen atoms in total. The van der Waals surface area contributed by atoms with Crippen molar-refractivity contribution in [1.29, 1.82) is 0 Å². The monoisotopic (exact) mass is 321 g/mol. The number of sulfone groups is 1. The van der Waals surface area contributed by atoms with Crippen LogP contribution in [0.3, 0.4) is 0 Å². The average molecular weight is 322 g/mol. The SMILES string of the molecule is CCNC(Cc1ccc(F)c(Cl)c1)C(C)(C)S(C)(=O)=O. The van der Waals surface area contributed by atoms with E-state index in [1.165, 1.54) is 12.3 Å². The van der Waals surface area contributed by atoms with Crippen molar-refractivity contribution in [2.75, 3.05) is 12.8 Å². The van der Waals surface area contributed by atoms with Gasteiger partial charge >= 0.3 is 0 Å². The smallest absolute Gasteiger partial charge is 0.154 e. The van der Waals surface area contributed by atoms with Gasteiger partial charge in [-0.3, -0.25) is 0 Å². The number of nitrogens with one attached hydrogen (secondary N) is 1. The maximum Gasteiger partial charge on any atom is 0.154 e. The number of benzene rings is 1. The fraction of sp³-hybridized carbons (Fsp3) is 0.571. The van der Waals surface area contributed by atoms with Gasteiger partial charge < -0.3 is 5.32 Å². The van der Waals surface area contributed by atoms with Crippen LogP contribution in [0.4, 0.5) is 4.39 Å². The predicted molar refractivity (Wildman–Crippen MR) is 81.5 cm³/mol. The minimum absolute atomic E-state index is 0.0508. The third-order valence-electron chi connectivity index (χ3n) is 3.67. The first kappa shape index (κ1) is 17.4. The number of hydrogen-bond donors (Lipinski definition) is 1. The van der Waals surface area contributed by atoms with Gasteiger partial charge in [-0.25, -0.2) is 12.8 Å². The van der Waals surface area contributed by atoms with E-state index in [0.717, 1.165) is 5.56 Å². The highest BCUT2D eigenvalue weighted by Crippen LogP contribution is 2.25. The highest BCUT2D eigenvalue weighted by molar-refractivity contribution is 7.92. The topological polar surface area (TPSA) is 46.2 Å². The summed E-state index contributed by atoms with van der Waals surface area (Å²) in [6, 6.07) is 4.20. The lowest BCUT2D eigenvalue weighted by molar-refractivity contribution is 0.413. The molecule has 0 aliphatic carbocycles. The normalized spacial score (nSPS) is 14.3. The van der Waals surface area contributed by atoms with Crippen LogP contribution >= 0.6 is 11.6 Å². The first-order valence-electron chi connectivity index (χ1n) is 6.46. The Bertz CT molecular complexity index is 573. The molecule has 1 unspecified atom stereocenters. The van der Waals surface area contributed by atoms with Crippen LogP contribution in [0, 0.1) is 5.82 Å². The number of likely N-dealkylation sites (N-methyl/N-ethyl adjacent to an activating group) is 1. The maximum absolute atomic E-state index is 13.2. The molecule has 6 heteroatoms. The Kier molecular flexibility index (Phi) is 5.58. The molecule has 0 bridgehead atoms. The molecule has 0 amide bonds. The van der Waals surface area contributed by atoms with E-state index in [1.807, 2.05) is 6.92 Å². The van der Waals surface area contributed by atoms with E-state index < -0.39 is 20.4 Å². The molecule has 0 saturated carbocycles. The Morgan fingerprint density at radius 1 is 1.40 bits per heavy atom. The fourth-order valence-corrected chi connectivity index (χ4v) is 2.86. The van der Waals surface area contributed by atoms with Crippen molar-refractivity contribution in [2.24, 2.45) is 0 Å². The van der Waals surface area contributed by atoms with Crippen LogP contribution in [0.2, 0.25) is 5.02 Å². The Morgan fingerprint density at radius 2 is 2.00 bits per heavy atom. The highest BCUT2D eigenvalue weighted by atomic mass is 35.5. The lowest BCUT2D eigenvalue weighted by atomic mass is 9.95. The summed E-state index contributed by atoms with van der Waals surface area (Å²) in [5, 5.41) is 3.25. The van der Waals surface area contributed by atoms with Crippen LogP contribution in [-0.4, -0.2) is 32.0 Å². The van der Waals surface area contributed by atoms with Crippen LogP contribution in [0.25, 0.3) is 0 Å². The van der Waals surface area contributed by atoms with Gasteiger partial charge in [-0.2, -0.15) is 0 Å². The second-order valence-corrected chi connectivity index (χ2v) is 8.44. The molecule has 0 saturated heterocycles. The van der Waals surface area contributed by atoms with Crippen LogP contribution < -0.4 is 5.32 Å².